The molecular formula is C15H12F4N2O. The Labute approximate surface area is 124 Å². The number of pyridine rings is 1. The molecule has 0 saturated carbocycles. The fourth-order valence-corrected chi connectivity index (χ4v) is 1.85. The molecule has 1 N–H and O–H groups in total. The predicted molar refractivity (Wildman–Crippen MR) is 71.2 cm³/mol. The van der Waals surface area contributed by atoms with Crippen molar-refractivity contribution in [2.75, 3.05) is 0 Å². The van der Waals surface area contributed by atoms with Gasteiger partial charge in [-0.2, -0.15) is 13.2 Å². The Morgan fingerprint density at radius 2 is 1.95 bits per heavy atom. The standard InChI is InChI=1S/C15H12F4N2O/c16-13-6-10(3-4-12(13)15(17,18)19)7-14(22)21-9-11-2-1-5-20-8-11/h1-6,8H,7,9H2,(H,21,22). The number of nitrogens with zero attached hydrogens (tertiary/aromatic N) is 1. The highest BCUT2D eigenvalue weighted by molar-refractivity contribution is 5.78. The first kappa shape index (κ1) is 15.9. The Kier molecular flexibility index (Phi) is 4.75. The van der Waals surface area contributed by atoms with E-state index in [-0.39, 0.29) is 18.5 Å². The van der Waals surface area contributed by atoms with Crippen LogP contribution in [0.4, 0.5) is 17.6 Å². The fraction of sp³-hybridized carbons (Fsp3) is 0.200. The van der Waals surface area contributed by atoms with Crippen molar-refractivity contribution >= 4 is 5.91 Å². The third kappa shape index (κ3) is 4.28. The number of alkyl halides is 3. The Hall–Kier alpha value is -2.44. The summed E-state index contributed by atoms with van der Waals surface area (Å²) in [6.07, 6.45) is -1.77. The summed E-state index contributed by atoms with van der Waals surface area (Å²) in [6.45, 7) is 0.246. The van der Waals surface area contributed by atoms with Crippen LogP contribution in [0.1, 0.15) is 16.7 Å². The summed E-state index contributed by atoms with van der Waals surface area (Å²) < 4.78 is 50.7. The predicted octanol–water partition coefficient (Wildman–Crippen LogP) is 3.10. The molecule has 116 valence electrons. The molecule has 0 atom stereocenters. The van der Waals surface area contributed by atoms with Crippen LogP contribution in [0.3, 0.4) is 0 Å². The van der Waals surface area contributed by atoms with Crippen molar-refractivity contribution in [3.63, 3.8) is 0 Å². The zero-order chi connectivity index (χ0) is 16.2. The second-order valence-electron chi connectivity index (χ2n) is 4.63. The van der Waals surface area contributed by atoms with Gasteiger partial charge in [-0.15, -0.1) is 0 Å². The van der Waals surface area contributed by atoms with Crippen LogP contribution in [-0.2, 0) is 23.9 Å². The minimum atomic E-state index is -4.74. The quantitative estimate of drug-likeness (QED) is 0.882. The Morgan fingerprint density at radius 1 is 1.18 bits per heavy atom. The Morgan fingerprint density at radius 3 is 2.55 bits per heavy atom. The molecule has 0 saturated heterocycles. The lowest BCUT2D eigenvalue weighted by Gasteiger charge is -2.09. The van der Waals surface area contributed by atoms with Crippen LogP contribution in [0.15, 0.2) is 42.7 Å². The number of aromatic nitrogens is 1. The molecule has 1 aromatic carbocycles. The third-order valence-electron chi connectivity index (χ3n) is 2.92. The second kappa shape index (κ2) is 6.55. The van der Waals surface area contributed by atoms with E-state index in [1.54, 1.807) is 24.5 Å². The molecule has 1 aromatic heterocycles. The molecule has 0 fully saturated rings. The molecule has 0 radical (unpaired) electrons. The molecule has 0 aliphatic rings. The molecule has 7 heteroatoms. The topological polar surface area (TPSA) is 42.0 Å². The van der Waals surface area contributed by atoms with Crippen LogP contribution >= 0.6 is 0 Å². The molecule has 0 bridgehead atoms. The summed E-state index contributed by atoms with van der Waals surface area (Å²) in [5.41, 5.74) is -0.379. The van der Waals surface area contributed by atoms with E-state index in [2.05, 4.69) is 10.3 Å². The van der Waals surface area contributed by atoms with Crippen LogP contribution < -0.4 is 5.32 Å². The number of hydrogen-bond acceptors (Lipinski definition) is 2. The summed E-state index contributed by atoms with van der Waals surface area (Å²) in [7, 11) is 0. The third-order valence-corrected chi connectivity index (χ3v) is 2.92. The van der Waals surface area contributed by atoms with Crippen molar-refractivity contribution in [2.24, 2.45) is 0 Å². The van der Waals surface area contributed by atoms with Gasteiger partial charge in [-0.1, -0.05) is 12.1 Å². The normalized spacial score (nSPS) is 11.3. The SMILES string of the molecule is O=C(Cc1ccc(C(F)(F)F)c(F)c1)NCc1cccnc1. The van der Waals surface area contributed by atoms with Crippen molar-refractivity contribution in [1.29, 1.82) is 0 Å². The van der Waals surface area contributed by atoms with Crippen LogP contribution in [0.2, 0.25) is 0 Å². The number of benzene rings is 1. The van der Waals surface area contributed by atoms with Gasteiger partial charge in [-0.25, -0.2) is 4.39 Å². The van der Waals surface area contributed by atoms with E-state index in [1.165, 1.54) is 0 Å². The monoisotopic (exact) mass is 312 g/mol. The molecule has 2 aromatic rings. The minimum absolute atomic E-state index is 0.175. The molecule has 0 spiro atoms. The lowest BCUT2D eigenvalue weighted by Crippen LogP contribution is -2.24. The van der Waals surface area contributed by atoms with Gasteiger partial charge in [-0.3, -0.25) is 9.78 Å². The number of hydrogen-bond donors (Lipinski definition) is 1. The van der Waals surface area contributed by atoms with Crippen molar-refractivity contribution < 1.29 is 22.4 Å². The smallest absolute Gasteiger partial charge is 0.352 e. The van der Waals surface area contributed by atoms with Gasteiger partial charge >= 0.3 is 6.18 Å². The van der Waals surface area contributed by atoms with Crippen molar-refractivity contribution in [1.82, 2.24) is 10.3 Å². The summed E-state index contributed by atoms with van der Waals surface area (Å²) in [5, 5.41) is 2.59. The molecule has 0 aliphatic heterocycles. The van der Waals surface area contributed by atoms with Crippen molar-refractivity contribution in [3.05, 3.63) is 65.2 Å². The largest absolute Gasteiger partial charge is 0.419 e. The van der Waals surface area contributed by atoms with Gasteiger partial charge in [0.1, 0.15) is 5.82 Å². The van der Waals surface area contributed by atoms with E-state index in [0.29, 0.717) is 6.07 Å². The number of carbonyl (C=O) groups is 1. The summed E-state index contributed by atoms with van der Waals surface area (Å²) in [6, 6.07) is 5.94. The van der Waals surface area contributed by atoms with Gasteiger partial charge in [0, 0.05) is 18.9 Å². The van der Waals surface area contributed by atoms with Crippen LogP contribution in [0, 0.1) is 5.82 Å². The number of nitrogens with one attached hydrogen (secondary N) is 1. The minimum Gasteiger partial charge on any atom is -0.352 e. The van der Waals surface area contributed by atoms with Crippen LogP contribution in [0.25, 0.3) is 0 Å². The number of carbonyl (C=O) groups excluding carboxylic acids is 1. The van der Waals surface area contributed by atoms with Gasteiger partial charge in [0.25, 0.3) is 0 Å². The zero-order valence-electron chi connectivity index (χ0n) is 11.3. The molecule has 0 aliphatic carbocycles. The van der Waals surface area contributed by atoms with Crippen molar-refractivity contribution in [3.8, 4) is 0 Å². The van der Waals surface area contributed by atoms with E-state index >= 15 is 0 Å². The first-order valence-electron chi connectivity index (χ1n) is 6.37. The van der Waals surface area contributed by atoms with E-state index in [9.17, 15) is 22.4 Å². The lowest BCUT2D eigenvalue weighted by atomic mass is 10.1. The molecular weight excluding hydrogens is 300 g/mol. The second-order valence-corrected chi connectivity index (χ2v) is 4.63. The molecule has 1 heterocycles. The zero-order valence-corrected chi connectivity index (χ0v) is 11.3. The van der Waals surface area contributed by atoms with E-state index in [0.717, 1.165) is 17.7 Å². The molecule has 2 rings (SSSR count). The van der Waals surface area contributed by atoms with Crippen LogP contribution in [0.5, 0.6) is 0 Å². The highest BCUT2D eigenvalue weighted by Gasteiger charge is 2.33. The maximum Gasteiger partial charge on any atom is 0.419 e. The number of rotatable bonds is 4. The van der Waals surface area contributed by atoms with E-state index in [1.807, 2.05) is 0 Å². The maximum atomic E-state index is 13.4. The lowest BCUT2D eigenvalue weighted by molar-refractivity contribution is -0.140. The molecule has 0 unspecified atom stereocenters. The van der Waals surface area contributed by atoms with Crippen molar-refractivity contribution in [2.45, 2.75) is 19.1 Å². The summed E-state index contributed by atoms with van der Waals surface area (Å²) in [4.78, 5) is 15.6. The first-order valence-corrected chi connectivity index (χ1v) is 6.37. The van der Waals surface area contributed by atoms with E-state index in [4.69, 9.17) is 0 Å². The molecule has 3 nitrogen and oxygen atoms in total. The average Bonchev–Trinajstić information content (AvgIpc) is 2.45. The molecule has 22 heavy (non-hydrogen) atoms. The van der Waals surface area contributed by atoms with Gasteiger partial charge in [-0.05, 0) is 29.3 Å². The Bertz CT molecular complexity index is 656. The highest BCUT2D eigenvalue weighted by atomic mass is 19.4. The molecule has 1 amide bonds. The van der Waals surface area contributed by atoms with Gasteiger partial charge in [0.05, 0.1) is 12.0 Å². The maximum absolute atomic E-state index is 13.4. The van der Waals surface area contributed by atoms with Crippen LogP contribution in [-0.4, -0.2) is 10.9 Å². The first-order chi connectivity index (χ1) is 10.4. The van der Waals surface area contributed by atoms with Gasteiger partial charge < -0.3 is 5.32 Å². The van der Waals surface area contributed by atoms with Gasteiger partial charge in [0.2, 0.25) is 5.91 Å². The summed E-state index contributed by atoms with van der Waals surface area (Å²) in [5.74, 6) is -1.80. The highest BCUT2D eigenvalue weighted by Crippen LogP contribution is 2.31. The van der Waals surface area contributed by atoms with Gasteiger partial charge in [0.15, 0.2) is 0 Å². The number of halogens is 4. The summed E-state index contributed by atoms with van der Waals surface area (Å²) >= 11 is 0. The number of amides is 1. The fourth-order valence-electron chi connectivity index (χ4n) is 1.85. The average molecular weight is 312 g/mol. The van der Waals surface area contributed by atoms with E-state index < -0.39 is 23.5 Å². The Balaban J connectivity index is 1.96.